The van der Waals surface area contributed by atoms with Crippen molar-refractivity contribution in [1.82, 2.24) is 0 Å². The van der Waals surface area contributed by atoms with E-state index in [1.807, 2.05) is 6.07 Å². The van der Waals surface area contributed by atoms with Crippen LogP contribution in [0.4, 0.5) is 5.69 Å². The van der Waals surface area contributed by atoms with Gasteiger partial charge in [-0.3, -0.25) is 0 Å². The first-order chi connectivity index (χ1) is 7.16. The highest BCUT2D eigenvalue weighted by atomic mass is 32.2. The van der Waals surface area contributed by atoms with Gasteiger partial charge in [0.05, 0.1) is 5.56 Å². The molecule has 1 aliphatic rings. The molecule has 1 aromatic carbocycles. The highest BCUT2D eigenvalue weighted by Gasteiger charge is 2.14. The Morgan fingerprint density at radius 2 is 2.40 bits per heavy atom. The van der Waals surface area contributed by atoms with Crippen LogP contribution in [0.25, 0.3) is 0 Å². The molecule has 2 rings (SSSR count). The second-order valence-corrected chi connectivity index (χ2v) is 4.88. The van der Waals surface area contributed by atoms with Crippen LogP contribution in [0.1, 0.15) is 17.3 Å². The van der Waals surface area contributed by atoms with Gasteiger partial charge < -0.3 is 10.4 Å². The zero-order valence-electron chi connectivity index (χ0n) is 8.49. The Morgan fingerprint density at radius 1 is 1.60 bits per heavy atom. The van der Waals surface area contributed by atoms with Crippen molar-refractivity contribution in [2.24, 2.45) is 5.92 Å². The van der Waals surface area contributed by atoms with Gasteiger partial charge >= 0.3 is 5.97 Å². The molecule has 0 fully saturated rings. The molecule has 2 N–H and O–H groups in total. The van der Waals surface area contributed by atoms with E-state index in [0.717, 1.165) is 22.9 Å². The largest absolute Gasteiger partial charge is 0.478 e. The SMILES string of the molecule is CC1CNc2cc(C(=O)O)ccc2SC1. The van der Waals surface area contributed by atoms with Crippen molar-refractivity contribution < 1.29 is 9.90 Å². The van der Waals surface area contributed by atoms with Gasteiger partial charge in [0.15, 0.2) is 0 Å². The van der Waals surface area contributed by atoms with Gasteiger partial charge in [-0.05, 0) is 24.1 Å². The number of aromatic carboxylic acids is 1. The number of nitrogens with one attached hydrogen (secondary N) is 1. The number of anilines is 1. The lowest BCUT2D eigenvalue weighted by Gasteiger charge is -2.08. The van der Waals surface area contributed by atoms with Gasteiger partial charge in [-0.1, -0.05) is 6.92 Å². The van der Waals surface area contributed by atoms with E-state index in [4.69, 9.17) is 5.11 Å². The smallest absolute Gasteiger partial charge is 0.335 e. The molecule has 0 radical (unpaired) electrons. The van der Waals surface area contributed by atoms with Crippen LogP contribution in [0.2, 0.25) is 0 Å². The number of rotatable bonds is 1. The summed E-state index contributed by atoms with van der Waals surface area (Å²) in [5, 5.41) is 12.2. The van der Waals surface area contributed by atoms with Gasteiger partial charge in [-0.25, -0.2) is 4.79 Å². The second kappa shape index (κ2) is 4.14. The van der Waals surface area contributed by atoms with E-state index in [1.54, 1.807) is 23.9 Å². The third-order valence-electron chi connectivity index (χ3n) is 2.39. The van der Waals surface area contributed by atoms with Crippen molar-refractivity contribution in [3.05, 3.63) is 23.8 Å². The quantitative estimate of drug-likeness (QED) is 0.768. The molecule has 1 aromatic rings. The number of carbonyl (C=O) groups is 1. The van der Waals surface area contributed by atoms with Crippen molar-refractivity contribution in [1.29, 1.82) is 0 Å². The van der Waals surface area contributed by atoms with Crippen molar-refractivity contribution in [2.45, 2.75) is 11.8 Å². The minimum atomic E-state index is -0.873. The predicted molar refractivity (Wildman–Crippen MR) is 61.8 cm³/mol. The molecule has 1 aliphatic heterocycles. The highest BCUT2D eigenvalue weighted by Crippen LogP contribution is 2.32. The lowest BCUT2D eigenvalue weighted by Crippen LogP contribution is -2.10. The van der Waals surface area contributed by atoms with Gasteiger partial charge in [0.25, 0.3) is 0 Å². The van der Waals surface area contributed by atoms with Crippen molar-refractivity contribution in [3.63, 3.8) is 0 Å². The van der Waals surface area contributed by atoms with Gasteiger partial charge in [0.1, 0.15) is 0 Å². The molecule has 80 valence electrons. The van der Waals surface area contributed by atoms with Crippen molar-refractivity contribution >= 4 is 23.4 Å². The summed E-state index contributed by atoms with van der Waals surface area (Å²) in [6.07, 6.45) is 0. The fourth-order valence-electron chi connectivity index (χ4n) is 1.50. The molecule has 0 aromatic heterocycles. The van der Waals surface area contributed by atoms with E-state index in [2.05, 4.69) is 12.2 Å². The Balaban J connectivity index is 2.32. The fraction of sp³-hybridized carbons (Fsp3) is 0.364. The molecule has 0 amide bonds. The first-order valence-corrected chi connectivity index (χ1v) is 5.89. The summed E-state index contributed by atoms with van der Waals surface area (Å²) in [5.74, 6) is 0.810. The van der Waals surface area contributed by atoms with E-state index in [1.165, 1.54) is 0 Å². The summed E-state index contributed by atoms with van der Waals surface area (Å²) in [6.45, 7) is 3.09. The Hall–Kier alpha value is -1.16. The van der Waals surface area contributed by atoms with Crippen molar-refractivity contribution in [3.8, 4) is 0 Å². The molecule has 4 heteroatoms. The van der Waals surface area contributed by atoms with Crippen LogP contribution >= 0.6 is 11.8 Å². The zero-order valence-corrected chi connectivity index (χ0v) is 9.30. The first-order valence-electron chi connectivity index (χ1n) is 4.91. The molecule has 1 heterocycles. The summed E-state index contributed by atoms with van der Waals surface area (Å²) in [5.41, 5.74) is 1.29. The Morgan fingerprint density at radius 3 is 3.13 bits per heavy atom. The summed E-state index contributed by atoms with van der Waals surface area (Å²) >= 11 is 1.78. The van der Waals surface area contributed by atoms with Crippen LogP contribution in [0, 0.1) is 5.92 Å². The summed E-state index contributed by atoms with van der Waals surface area (Å²) < 4.78 is 0. The standard InChI is InChI=1S/C11H13NO2S/c1-7-5-12-9-4-8(11(13)14)2-3-10(9)15-6-7/h2-4,7,12H,5-6H2,1H3,(H,13,14). The molecule has 15 heavy (non-hydrogen) atoms. The van der Waals surface area contributed by atoms with Gasteiger partial charge in [0.2, 0.25) is 0 Å². The Kier molecular flexibility index (Phi) is 2.86. The van der Waals surface area contributed by atoms with E-state index in [0.29, 0.717) is 11.5 Å². The molecule has 1 unspecified atom stereocenters. The van der Waals surface area contributed by atoms with Crippen LogP contribution in [0.15, 0.2) is 23.1 Å². The van der Waals surface area contributed by atoms with E-state index in [-0.39, 0.29) is 0 Å². The monoisotopic (exact) mass is 223 g/mol. The molecule has 0 saturated carbocycles. The Labute approximate surface area is 92.9 Å². The predicted octanol–water partition coefficient (Wildman–Crippen LogP) is 2.54. The third-order valence-corrected chi connectivity index (χ3v) is 3.79. The van der Waals surface area contributed by atoms with E-state index < -0.39 is 5.97 Å². The highest BCUT2D eigenvalue weighted by molar-refractivity contribution is 7.99. The van der Waals surface area contributed by atoms with Gasteiger partial charge in [-0.2, -0.15) is 0 Å². The molecule has 0 spiro atoms. The number of fused-ring (bicyclic) bond motifs is 1. The van der Waals surface area contributed by atoms with Gasteiger partial charge in [-0.15, -0.1) is 11.8 Å². The van der Waals surface area contributed by atoms with Crippen LogP contribution in [-0.4, -0.2) is 23.4 Å². The van der Waals surface area contributed by atoms with Crippen LogP contribution in [0.5, 0.6) is 0 Å². The average molecular weight is 223 g/mol. The second-order valence-electron chi connectivity index (χ2n) is 3.81. The third kappa shape index (κ3) is 2.26. The minimum Gasteiger partial charge on any atom is -0.478 e. The lowest BCUT2D eigenvalue weighted by atomic mass is 10.2. The van der Waals surface area contributed by atoms with E-state index in [9.17, 15) is 4.79 Å². The van der Waals surface area contributed by atoms with Crippen molar-refractivity contribution in [2.75, 3.05) is 17.6 Å². The number of thioether (sulfide) groups is 1. The minimum absolute atomic E-state index is 0.344. The summed E-state index contributed by atoms with van der Waals surface area (Å²) in [7, 11) is 0. The van der Waals surface area contributed by atoms with Crippen LogP contribution in [0.3, 0.4) is 0 Å². The number of carboxylic acid groups (broad SMARTS) is 1. The van der Waals surface area contributed by atoms with Crippen LogP contribution in [-0.2, 0) is 0 Å². The maximum Gasteiger partial charge on any atom is 0.335 e. The number of hydrogen-bond donors (Lipinski definition) is 2. The normalized spacial score (nSPS) is 19.9. The van der Waals surface area contributed by atoms with E-state index >= 15 is 0 Å². The maximum absolute atomic E-state index is 10.8. The number of carboxylic acids is 1. The maximum atomic E-state index is 10.8. The lowest BCUT2D eigenvalue weighted by molar-refractivity contribution is 0.0697. The molecular formula is C11H13NO2S. The zero-order chi connectivity index (χ0) is 10.8. The molecule has 3 nitrogen and oxygen atoms in total. The molecule has 0 bridgehead atoms. The van der Waals surface area contributed by atoms with Crippen LogP contribution < -0.4 is 5.32 Å². The molecule has 0 saturated heterocycles. The summed E-state index contributed by atoms with van der Waals surface area (Å²) in [4.78, 5) is 11.9. The molecular weight excluding hydrogens is 210 g/mol. The molecule has 0 aliphatic carbocycles. The fourth-order valence-corrected chi connectivity index (χ4v) is 2.53. The first kappa shape index (κ1) is 10.4. The number of hydrogen-bond acceptors (Lipinski definition) is 3. The summed E-state index contributed by atoms with van der Waals surface area (Å²) in [6, 6.07) is 5.25. The molecule has 1 atom stereocenters. The topological polar surface area (TPSA) is 49.3 Å². The number of benzene rings is 1. The average Bonchev–Trinajstić information content (AvgIpc) is 2.40. The van der Waals surface area contributed by atoms with Gasteiger partial charge in [0, 0.05) is 22.9 Å². The Bertz CT molecular complexity index is 392.